The molecule has 10 heteroatoms. The molecule has 0 bridgehead atoms. The number of hydrogen-bond donors (Lipinski definition) is 3. The van der Waals surface area contributed by atoms with Gasteiger partial charge in [0.25, 0.3) is 0 Å². The van der Waals surface area contributed by atoms with Crippen LogP contribution in [0.25, 0.3) is 0 Å². The molecule has 0 fully saturated rings. The van der Waals surface area contributed by atoms with E-state index in [1.54, 1.807) is 0 Å². The van der Waals surface area contributed by atoms with Crippen LogP contribution in [0, 0.1) is 0 Å². The summed E-state index contributed by atoms with van der Waals surface area (Å²) < 4.78 is 33.4. The molecular weight excluding hydrogens is 751 g/mol. The smallest absolute Gasteiger partial charge is 0.457 e. The number of carbonyl (C=O) groups excluding carboxylic acids is 1. The number of ether oxygens (including phenoxy) is 2. The third-order valence-electron chi connectivity index (χ3n) is 9.38. The molecule has 0 aromatic carbocycles. The summed E-state index contributed by atoms with van der Waals surface area (Å²) in [6, 6.07) is 0. The van der Waals surface area contributed by atoms with Crippen molar-refractivity contribution in [1.82, 2.24) is 0 Å². The van der Waals surface area contributed by atoms with Gasteiger partial charge in [-0.3, -0.25) is 13.8 Å². The van der Waals surface area contributed by atoms with E-state index in [1.807, 2.05) is 0 Å². The first-order valence-corrected chi connectivity index (χ1v) is 24.4. The number of allylic oxidation sites excluding steroid dienone is 12. The van der Waals surface area contributed by atoms with E-state index in [2.05, 4.69) is 86.8 Å². The number of phosphoric acid groups is 1. The zero-order valence-electron chi connectivity index (χ0n) is 36.7. The molecule has 0 heterocycles. The van der Waals surface area contributed by atoms with E-state index < -0.39 is 45.8 Å². The first-order valence-electron chi connectivity index (χ1n) is 22.9. The highest BCUT2D eigenvalue weighted by atomic mass is 31.2. The van der Waals surface area contributed by atoms with E-state index in [1.165, 1.54) is 57.8 Å². The van der Waals surface area contributed by atoms with Gasteiger partial charge in [-0.15, -0.1) is 0 Å². The quantitative estimate of drug-likeness (QED) is 0.0238. The Balaban J connectivity index is 4.20. The third kappa shape index (κ3) is 43.5. The first kappa shape index (κ1) is 55.9. The van der Waals surface area contributed by atoms with Gasteiger partial charge in [-0.2, -0.15) is 0 Å². The molecule has 0 amide bonds. The Morgan fingerprint density at radius 2 is 0.983 bits per heavy atom. The van der Waals surface area contributed by atoms with Gasteiger partial charge in [-0.05, 0) is 83.5 Å². The Morgan fingerprint density at radius 1 is 0.552 bits per heavy atom. The Hall–Kier alpha value is -2.10. The second kappa shape index (κ2) is 44.5. The summed E-state index contributed by atoms with van der Waals surface area (Å²) in [6.45, 7) is 3.32. The van der Waals surface area contributed by atoms with Crippen LogP contribution in [-0.4, -0.2) is 66.3 Å². The Labute approximate surface area is 354 Å². The number of unbranched alkanes of at least 4 members (excludes halogenated alkanes) is 17. The van der Waals surface area contributed by atoms with Crippen molar-refractivity contribution in [3.63, 3.8) is 0 Å². The molecule has 0 rings (SSSR count). The molecule has 3 unspecified atom stereocenters. The van der Waals surface area contributed by atoms with E-state index in [-0.39, 0.29) is 13.0 Å². The zero-order valence-corrected chi connectivity index (χ0v) is 37.6. The minimum atomic E-state index is -4.53. The molecule has 0 aromatic rings. The van der Waals surface area contributed by atoms with E-state index in [9.17, 15) is 19.4 Å². The van der Waals surface area contributed by atoms with Gasteiger partial charge in [0.15, 0.2) is 0 Å². The number of rotatable bonds is 43. The maximum atomic E-state index is 12.6. The largest absolute Gasteiger partial charge is 0.472 e. The van der Waals surface area contributed by atoms with Crippen molar-refractivity contribution in [3.05, 3.63) is 72.9 Å². The number of aliphatic hydroxyl groups excluding tert-OH is 2. The number of phosphoric ester groups is 1. The fourth-order valence-corrected chi connectivity index (χ4v) is 6.70. The van der Waals surface area contributed by atoms with Gasteiger partial charge in [0.05, 0.1) is 26.4 Å². The number of carbonyl (C=O) groups is 1. The van der Waals surface area contributed by atoms with Crippen LogP contribution in [0.2, 0.25) is 0 Å². The van der Waals surface area contributed by atoms with Crippen LogP contribution in [0.1, 0.15) is 181 Å². The Morgan fingerprint density at radius 3 is 1.48 bits per heavy atom. The van der Waals surface area contributed by atoms with Gasteiger partial charge in [0.2, 0.25) is 0 Å². The lowest BCUT2D eigenvalue weighted by molar-refractivity contribution is -0.154. The minimum Gasteiger partial charge on any atom is -0.457 e. The highest BCUT2D eigenvalue weighted by Gasteiger charge is 2.26. The predicted octanol–water partition coefficient (Wildman–Crippen LogP) is 12.9. The average molecular weight is 837 g/mol. The molecule has 0 aliphatic rings. The lowest BCUT2D eigenvalue weighted by Crippen LogP contribution is -2.29. The summed E-state index contributed by atoms with van der Waals surface area (Å²) in [4.78, 5) is 22.6. The van der Waals surface area contributed by atoms with Crippen molar-refractivity contribution >= 4 is 13.8 Å². The van der Waals surface area contributed by atoms with E-state index in [4.69, 9.17) is 23.6 Å². The number of hydrogen-bond acceptors (Lipinski definition) is 8. The maximum Gasteiger partial charge on any atom is 0.472 e. The molecule has 58 heavy (non-hydrogen) atoms. The SMILES string of the molecule is CC/C=C\C/C=C\C/C=C\C/C=C\CCCCCCCOCC(COP(=O)(O)OCC(O)CO)OC(=O)CCCCCCCCCCC/C=C\C/C=C\CCCCC. The van der Waals surface area contributed by atoms with Gasteiger partial charge in [0.1, 0.15) is 12.2 Å². The van der Waals surface area contributed by atoms with E-state index in [0.717, 1.165) is 103 Å². The molecule has 0 aliphatic heterocycles. The fraction of sp³-hybridized carbons (Fsp3) is 0.729. The van der Waals surface area contributed by atoms with Gasteiger partial charge in [-0.25, -0.2) is 4.57 Å². The summed E-state index contributed by atoms with van der Waals surface area (Å²) in [5, 5.41) is 18.4. The van der Waals surface area contributed by atoms with Crippen molar-refractivity contribution in [2.75, 3.05) is 33.0 Å². The standard InChI is InChI=1S/C48H85O9P/c1-3-5-7-9-11-13-15-17-19-21-23-24-26-28-30-32-34-36-38-40-48(51)57-47(45-56-58(52,53)55-43-46(50)42-49)44-54-41-39-37-35-33-31-29-27-25-22-20-18-16-14-12-10-8-6-4-2/h6,8,11-14,17-20,25,27,46-47,49-50H,3-5,7,9-10,15-16,21-24,26,28-45H2,1-2H3,(H,52,53)/b8-6-,13-11-,14-12-,19-17-,20-18-,27-25-. The number of esters is 1. The average Bonchev–Trinajstić information content (AvgIpc) is 3.21. The topological polar surface area (TPSA) is 132 Å². The van der Waals surface area contributed by atoms with E-state index >= 15 is 0 Å². The lowest BCUT2D eigenvalue weighted by Gasteiger charge is -2.20. The zero-order chi connectivity index (χ0) is 42.5. The molecule has 0 radical (unpaired) electrons. The molecule has 0 aliphatic carbocycles. The fourth-order valence-electron chi connectivity index (χ4n) is 5.91. The molecule has 0 aromatic heterocycles. The van der Waals surface area contributed by atoms with Crippen molar-refractivity contribution in [2.24, 2.45) is 0 Å². The van der Waals surface area contributed by atoms with Crippen LogP contribution in [-0.2, 0) is 27.9 Å². The summed E-state index contributed by atoms with van der Waals surface area (Å²) in [5.41, 5.74) is 0. The van der Waals surface area contributed by atoms with Crippen LogP contribution in [0.5, 0.6) is 0 Å². The van der Waals surface area contributed by atoms with Crippen molar-refractivity contribution < 1.29 is 43.0 Å². The van der Waals surface area contributed by atoms with Gasteiger partial charge < -0.3 is 24.6 Å². The third-order valence-corrected chi connectivity index (χ3v) is 10.3. The minimum absolute atomic E-state index is 0.0314. The maximum absolute atomic E-state index is 12.6. The van der Waals surface area contributed by atoms with Gasteiger partial charge in [-0.1, -0.05) is 164 Å². The molecule has 3 N–H and O–H groups in total. The Bertz CT molecular complexity index is 1130. The molecular formula is C48H85O9P. The summed E-state index contributed by atoms with van der Waals surface area (Å²) in [6.07, 6.45) is 52.8. The van der Waals surface area contributed by atoms with Gasteiger partial charge >= 0.3 is 13.8 Å². The Kier molecular flexibility index (Phi) is 42.8. The van der Waals surface area contributed by atoms with Crippen molar-refractivity contribution in [3.8, 4) is 0 Å². The van der Waals surface area contributed by atoms with Gasteiger partial charge in [0, 0.05) is 13.0 Å². The molecule has 0 saturated carbocycles. The van der Waals surface area contributed by atoms with Crippen LogP contribution in [0.4, 0.5) is 0 Å². The molecule has 336 valence electrons. The second-order valence-electron chi connectivity index (χ2n) is 15.0. The highest BCUT2D eigenvalue weighted by molar-refractivity contribution is 7.47. The normalized spacial score (nSPS) is 14.6. The summed E-state index contributed by atoms with van der Waals surface area (Å²) >= 11 is 0. The van der Waals surface area contributed by atoms with Crippen LogP contribution in [0.15, 0.2) is 72.9 Å². The molecule has 0 spiro atoms. The highest BCUT2D eigenvalue weighted by Crippen LogP contribution is 2.43. The van der Waals surface area contributed by atoms with Crippen LogP contribution < -0.4 is 0 Å². The van der Waals surface area contributed by atoms with Crippen LogP contribution >= 0.6 is 7.82 Å². The summed E-state index contributed by atoms with van der Waals surface area (Å²) in [7, 11) is -4.53. The molecule has 0 saturated heterocycles. The second-order valence-corrected chi connectivity index (χ2v) is 16.5. The predicted molar refractivity (Wildman–Crippen MR) is 242 cm³/mol. The van der Waals surface area contributed by atoms with Crippen molar-refractivity contribution in [2.45, 2.75) is 193 Å². The first-order chi connectivity index (χ1) is 28.3. The number of aliphatic hydroxyl groups is 2. The lowest BCUT2D eigenvalue weighted by atomic mass is 10.1. The van der Waals surface area contributed by atoms with Crippen LogP contribution in [0.3, 0.4) is 0 Å². The van der Waals surface area contributed by atoms with Crippen molar-refractivity contribution in [1.29, 1.82) is 0 Å². The van der Waals surface area contributed by atoms with E-state index in [0.29, 0.717) is 6.61 Å². The monoisotopic (exact) mass is 837 g/mol. The molecule has 9 nitrogen and oxygen atoms in total. The molecule has 3 atom stereocenters. The summed E-state index contributed by atoms with van der Waals surface area (Å²) in [5.74, 6) is -0.396.